The highest BCUT2D eigenvalue weighted by Crippen LogP contribution is 2.32. The van der Waals surface area contributed by atoms with Crippen LogP contribution in [0.25, 0.3) is 0 Å². The van der Waals surface area contributed by atoms with Gasteiger partial charge in [-0.15, -0.1) is 0 Å². The van der Waals surface area contributed by atoms with Crippen LogP contribution in [-0.4, -0.2) is 26.2 Å². The van der Waals surface area contributed by atoms with Gasteiger partial charge in [-0.2, -0.15) is 0 Å². The maximum atomic E-state index is 5.28. The zero-order valence-corrected chi connectivity index (χ0v) is 13.3. The Bertz CT molecular complexity index is 568. The van der Waals surface area contributed by atoms with Crippen LogP contribution in [0.15, 0.2) is 24.3 Å². The van der Waals surface area contributed by atoms with Crippen molar-refractivity contribution >= 4 is 22.2 Å². The largest absolute Gasteiger partial charge is 0.497 e. The van der Waals surface area contributed by atoms with Gasteiger partial charge in [0.25, 0.3) is 0 Å². The Balaban J connectivity index is 2.29. The highest BCUT2D eigenvalue weighted by atomic mass is 32.1. The van der Waals surface area contributed by atoms with E-state index in [1.165, 1.54) is 10.6 Å². The van der Waals surface area contributed by atoms with E-state index in [1.54, 1.807) is 18.4 Å². The highest BCUT2D eigenvalue weighted by molar-refractivity contribution is 7.15. The first-order chi connectivity index (χ1) is 9.69. The molecule has 2 rings (SSSR count). The number of anilines is 2. The average Bonchev–Trinajstić information content (AvgIpc) is 2.90. The molecule has 0 amide bonds. The number of nitrogens with zero attached hydrogens (tertiary/aromatic N) is 2. The van der Waals surface area contributed by atoms with Crippen LogP contribution in [0.1, 0.15) is 17.5 Å². The molecule has 0 saturated carbocycles. The number of thiazole rings is 1. The molecule has 0 unspecified atom stereocenters. The van der Waals surface area contributed by atoms with Crippen LogP contribution in [0.5, 0.6) is 5.75 Å². The molecule has 0 saturated heterocycles. The molecule has 1 aromatic carbocycles. The Labute approximate surface area is 124 Å². The van der Waals surface area contributed by atoms with Gasteiger partial charge in [0.15, 0.2) is 5.13 Å². The van der Waals surface area contributed by atoms with Crippen molar-refractivity contribution in [2.45, 2.75) is 19.9 Å². The Hall–Kier alpha value is -1.59. The molecule has 1 heterocycles. The summed E-state index contributed by atoms with van der Waals surface area (Å²) >= 11 is 1.74. The minimum Gasteiger partial charge on any atom is -0.497 e. The van der Waals surface area contributed by atoms with Gasteiger partial charge in [0.05, 0.1) is 12.8 Å². The Morgan fingerprint density at radius 2 is 2.20 bits per heavy atom. The van der Waals surface area contributed by atoms with E-state index in [1.807, 2.05) is 32.3 Å². The molecular formula is C15H21N3OS. The van der Waals surface area contributed by atoms with E-state index >= 15 is 0 Å². The van der Waals surface area contributed by atoms with E-state index in [9.17, 15) is 0 Å². The minimum absolute atomic E-state index is 0.858. The lowest BCUT2D eigenvalue weighted by Gasteiger charge is -2.16. The summed E-state index contributed by atoms with van der Waals surface area (Å²) in [6.45, 7) is 3.01. The van der Waals surface area contributed by atoms with E-state index in [0.29, 0.717) is 0 Å². The van der Waals surface area contributed by atoms with Crippen LogP contribution in [0.4, 0.5) is 10.8 Å². The van der Waals surface area contributed by atoms with Crippen LogP contribution in [0.3, 0.4) is 0 Å². The molecule has 1 aromatic heterocycles. The second-order valence-corrected chi connectivity index (χ2v) is 5.57. The molecule has 20 heavy (non-hydrogen) atoms. The van der Waals surface area contributed by atoms with Crippen molar-refractivity contribution in [2.24, 2.45) is 0 Å². The second-order valence-electron chi connectivity index (χ2n) is 4.51. The molecule has 0 atom stereocenters. The smallest absolute Gasteiger partial charge is 0.190 e. The summed E-state index contributed by atoms with van der Waals surface area (Å²) in [6, 6.07) is 8.02. The molecule has 2 aromatic rings. The molecule has 4 nitrogen and oxygen atoms in total. The maximum absolute atomic E-state index is 5.28. The van der Waals surface area contributed by atoms with Gasteiger partial charge in [0.1, 0.15) is 5.75 Å². The first-order valence-electron chi connectivity index (χ1n) is 6.70. The number of nitrogens with one attached hydrogen (secondary N) is 1. The normalized spacial score (nSPS) is 10.6. The monoisotopic (exact) mass is 291 g/mol. The van der Waals surface area contributed by atoms with Gasteiger partial charge in [-0.3, -0.25) is 0 Å². The number of aromatic nitrogens is 1. The van der Waals surface area contributed by atoms with Gasteiger partial charge in [-0.1, -0.05) is 24.3 Å². The van der Waals surface area contributed by atoms with Gasteiger partial charge < -0.3 is 15.0 Å². The van der Waals surface area contributed by atoms with Crippen LogP contribution in [0.2, 0.25) is 0 Å². The molecule has 108 valence electrons. The number of methoxy groups -OCH3 is 1. The standard InChI is InChI=1S/C15H21N3OS/c1-5-13-14(10-16-2)20-15(17-13)18(3)11-7-6-8-12(9-11)19-4/h6-9,16H,5,10H2,1-4H3. The van der Waals surface area contributed by atoms with Crippen molar-refractivity contribution in [1.29, 1.82) is 0 Å². The number of benzene rings is 1. The Morgan fingerprint density at radius 3 is 2.85 bits per heavy atom. The zero-order chi connectivity index (χ0) is 14.5. The van der Waals surface area contributed by atoms with Crippen molar-refractivity contribution < 1.29 is 4.74 Å². The summed E-state index contributed by atoms with van der Waals surface area (Å²) < 4.78 is 5.28. The average molecular weight is 291 g/mol. The van der Waals surface area contributed by atoms with Crippen LogP contribution < -0.4 is 15.0 Å². The first kappa shape index (κ1) is 14.8. The number of ether oxygens (including phenoxy) is 1. The summed E-state index contributed by atoms with van der Waals surface area (Å²) in [5.41, 5.74) is 2.26. The fourth-order valence-corrected chi connectivity index (χ4v) is 3.16. The number of hydrogen-bond donors (Lipinski definition) is 1. The Morgan fingerprint density at radius 1 is 1.40 bits per heavy atom. The van der Waals surface area contributed by atoms with E-state index in [-0.39, 0.29) is 0 Å². The van der Waals surface area contributed by atoms with Crippen molar-refractivity contribution in [3.05, 3.63) is 34.8 Å². The third-order valence-corrected chi connectivity index (χ3v) is 4.34. The van der Waals surface area contributed by atoms with Gasteiger partial charge in [0.2, 0.25) is 0 Å². The predicted octanol–water partition coefficient (Wildman–Crippen LogP) is 3.20. The number of aryl methyl sites for hydroxylation is 1. The lowest BCUT2D eigenvalue weighted by atomic mass is 10.3. The molecule has 0 spiro atoms. The minimum atomic E-state index is 0.858. The molecule has 1 N–H and O–H groups in total. The molecule has 0 fully saturated rings. The zero-order valence-electron chi connectivity index (χ0n) is 12.4. The van der Waals surface area contributed by atoms with Gasteiger partial charge in [-0.05, 0) is 25.6 Å². The summed E-state index contributed by atoms with van der Waals surface area (Å²) in [7, 11) is 5.68. The van der Waals surface area contributed by atoms with Crippen LogP contribution in [-0.2, 0) is 13.0 Å². The topological polar surface area (TPSA) is 37.4 Å². The van der Waals surface area contributed by atoms with Crippen molar-refractivity contribution in [3.8, 4) is 5.75 Å². The molecular weight excluding hydrogens is 270 g/mol. The third-order valence-electron chi connectivity index (χ3n) is 3.17. The van der Waals surface area contributed by atoms with E-state index in [0.717, 1.165) is 29.5 Å². The van der Waals surface area contributed by atoms with E-state index in [2.05, 4.69) is 23.2 Å². The number of rotatable bonds is 6. The third kappa shape index (κ3) is 3.11. The number of hydrogen-bond acceptors (Lipinski definition) is 5. The van der Waals surface area contributed by atoms with Gasteiger partial charge >= 0.3 is 0 Å². The molecule has 0 radical (unpaired) electrons. The highest BCUT2D eigenvalue weighted by Gasteiger charge is 2.14. The summed E-state index contributed by atoms with van der Waals surface area (Å²) in [6.07, 6.45) is 0.958. The van der Waals surface area contributed by atoms with Crippen molar-refractivity contribution in [2.75, 3.05) is 26.1 Å². The van der Waals surface area contributed by atoms with Crippen molar-refractivity contribution in [1.82, 2.24) is 10.3 Å². The fraction of sp³-hybridized carbons (Fsp3) is 0.400. The summed E-state index contributed by atoms with van der Waals surface area (Å²) in [5, 5.41) is 4.22. The molecule has 0 aliphatic heterocycles. The van der Waals surface area contributed by atoms with Gasteiger partial charge in [-0.25, -0.2) is 4.98 Å². The maximum Gasteiger partial charge on any atom is 0.190 e. The SMILES string of the molecule is CCc1nc(N(C)c2cccc(OC)c2)sc1CNC. The molecule has 0 aliphatic carbocycles. The quantitative estimate of drug-likeness (QED) is 0.887. The van der Waals surface area contributed by atoms with Crippen LogP contribution in [0, 0.1) is 0 Å². The van der Waals surface area contributed by atoms with Crippen LogP contribution >= 0.6 is 11.3 Å². The Kier molecular flexibility index (Phi) is 4.98. The summed E-state index contributed by atoms with van der Waals surface area (Å²) in [4.78, 5) is 8.15. The lowest BCUT2D eigenvalue weighted by molar-refractivity contribution is 0.415. The molecule has 0 aliphatic rings. The fourth-order valence-electron chi connectivity index (χ4n) is 2.02. The van der Waals surface area contributed by atoms with Gasteiger partial charge in [0, 0.05) is 30.2 Å². The lowest BCUT2D eigenvalue weighted by Crippen LogP contribution is -2.09. The van der Waals surface area contributed by atoms with Crippen molar-refractivity contribution in [3.63, 3.8) is 0 Å². The van der Waals surface area contributed by atoms with E-state index < -0.39 is 0 Å². The second kappa shape index (κ2) is 6.72. The van der Waals surface area contributed by atoms with E-state index in [4.69, 9.17) is 9.72 Å². The molecule has 0 bridgehead atoms. The predicted molar refractivity (Wildman–Crippen MR) is 85.3 cm³/mol. The molecule has 5 heteroatoms. The first-order valence-corrected chi connectivity index (χ1v) is 7.52. The summed E-state index contributed by atoms with van der Waals surface area (Å²) in [5.74, 6) is 0.858.